The number of nitrogens with zero attached hydrogens (tertiary/aromatic N) is 1. The summed E-state index contributed by atoms with van der Waals surface area (Å²) in [7, 11) is 2.79. The van der Waals surface area contributed by atoms with E-state index in [-0.39, 0.29) is 18.5 Å². The van der Waals surface area contributed by atoms with Gasteiger partial charge in [-0.3, -0.25) is 14.5 Å². The Morgan fingerprint density at radius 1 is 1.09 bits per heavy atom. The number of thioether (sulfide) groups is 1. The van der Waals surface area contributed by atoms with E-state index in [0.29, 0.717) is 12.3 Å². The molecule has 0 aliphatic carbocycles. The van der Waals surface area contributed by atoms with Crippen molar-refractivity contribution in [1.29, 1.82) is 0 Å². The van der Waals surface area contributed by atoms with E-state index < -0.39 is 0 Å². The number of carbonyl (C=O) groups excluding carboxylic acids is 2. The maximum absolute atomic E-state index is 11.5. The van der Waals surface area contributed by atoms with Crippen LogP contribution in [-0.4, -0.2) is 55.7 Å². The molecule has 0 fully saturated rings. The Morgan fingerprint density at radius 3 is 2.41 bits per heavy atom. The van der Waals surface area contributed by atoms with Gasteiger partial charge in [0.05, 0.1) is 26.5 Å². The molecule has 0 aromatic heterocycles. The molecule has 0 atom stereocenters. The fraction of sp³-hybridized carbons (Fsp3) is 0.500. The van der Waals surface area contributed by atoms with Crippen LogP contribution in [0.15, 0.2) is 30.3 Å². The summed E-state index contributed by atoms with van der Waals surface area (Å²) in [6, 6.07) is 10.0. The van der Waals surface area contributed by atoms with E-state index in [1.165, 1.54) is 14.2 Å². The zero-order chi connectivity index (χ0) is 16.2. The Balaban J connectivity index is 2.38. The molecule has 0 bridgehead atoms. The number of ether oxygens (including phenoxy) is 2. The van der Waals surface area contributed by atoms with Crippen LogP contribution in [0, 0.1) is 0 Å². The van der Waals surface area contributed by atoms with Gasteiger partial charge in [0.1, 0.15) is 0 Å². The molecule has 0 saturated carbocycles. The first-order valence-electron chi connectivity index (χ1n) is 7.13. The van der Waals surface area contributed by atoms with Crippen LogP contribution in [0.5, 0.6) is 0 Å². The summed E-state index contributed by atoms with van der Waals surface area (Å²) < 4.78 is 9.34. The third-order valence-electron chi connectivity index (χ3n) is 3.04. The number of hydrogen-bond acceptors (Lipinski definition) is 6. The number of benzene rings is 1. The molecule has 1 rings (SSSR count). The second-order valence-corrected chi connectivity index (χ2v) is 5.86. The van der Waals surface area contributed by atoms with Crippen molar-refractivity contribution in [3.8, 4) is 0 Å². The van der Waals surface area contributed by atoms with Crippen molar-refractivity contribution in [1.82, 2.24) is 4.90 Å². The van der Waals surface area contributed by atoms with E-state index in [1.54, 1.807) is 11.8 Å². The minimum absolute atomic E-state index is 0.208. The lowest BCUT2D eigenvalue weighted by Crippen LogP contribution is -2.31. The molecule has 6 heteroatoms. The lowest BCUT2D eigenvalue weighted by atomic mass is 10.2. The monoisotopic (exact) mass is 325 g/mol. The highest BCUT2D eigenvalue weighted by molar-refractivity contribution is 7.99. The molecule has 0 aliphatic heterocycles. The van der Waals surface area contributed by atoms with E-state index >= 15 is 0 Å². The van der Waals surface area contributed by atoms with E-state index in [1.807, 2.05) is 30.3 Å². The van der Waals surface area contributed by atoms with E-state index in [0.717, 1.165) is 24.3 Å². The van der Waals surface area contributed by atoms with Crippen LogP contribution in [0.3, 0.4) is 0 Å². The van der Waals surface area contributed by atoms with Gasteiger partial charge < -0.3 is 9.47 Å². The zero-order valence-electron chi connectivity index (χ0n) is 13.1. The average molecular weight is 325 g/mol. The predicted octanol–water partition coefficient (Wildman–Crippen LogP) is 1.96. The van der Waals surface area contributed by atoms with Gasteiger partial charge in [0.2, 0.25) is 0 Å². The van der Waals surface area contributed by atoms with Crippen LogP contribution in [0.25, 0.3) is 0 Å². The third kappa shape index (κ3) is 8.05. The van der Waals surface area contributed by atoms with Crippen molar-refractivity contribution in [3.05, 3.63) is 35.9 Å². The van der Waals surface area contributed by atoms with Crippen molar-refractivity contribution in [2.75, 3.05) is 38.8 Å². The van der Waals surface area contributed by atoms with E-state index in [4.69, 9.17) is 4.74 Å². The topological polar surface area (TPSA) is 55.8 Å². The molecule has 0 heterocycles. The average Bonchev–Trinajstić information content (AvgIpc) is 2.54. The van der Waals surface area contributed by atoms with E-state index in [2.05, 4.69) is 9.64 Å². The van der Waals surface area contributed by atoms with Gasteiger partial charge in [-0.25, -0.2) is 0 Å². The van der Waals surface area contributed by atoms with Crippen LogP contribution >= 0.6 is 11.8 Å². The standard InChI is InChI=1S/C16H23NO4S/c1-20-15(18)12-17(11-14-7-4-3-5-8-14)9-6-10-22-13-16(19)21-2/h3-5,7-8H,6,9-13H2,1-2H3. The SMILES string of the molecule is COC(=O)CSCCCN(CC(=O)OC)Cc1ccccc1. The fourth-order valence-corrected chi connectivity index (χ4v) is 2.67. The third-order valence-corrected chi connectivity index (χ3v) is 4.06. The van der Waals surface area contributed by atoms with Crippen molar-refractivity contribution in [3.63, 3.8) is 0 Å². The molecule has 1 aromatic carbocycles. The quantitative estimate of drug-likeness (QED) is 0.484. The molecule has 0 spiro atoms. The number of hydrogen-bond donors (Lipinski definition) is 0. The molecular weight excluding hydrogens is 302 g/mol. The Morgan fingerprint density at radius 2 is 1.77 bits per heavy atom. The summed E-state index contributed by atoms with van der Waals surface area (Å²) in [4.78, 5) is 24.6. The number of methoxy groups -OCH3 is 2. The van der Waals surface area contributed by atoms with Gasteiger partial charge in [0.15, 0.2) is 0 Å². The zero-order valence-corrected chi connectivity index (χ0v) is 13.9. The first-order chi connectivity index (χ1) is 10.7. The van der Waals surface area contributed by atoms with Crippen LogP contribution in [0.4, 0.5) is 0 Å². The van der Waals surface area contributed by atoms with E-state index in [9.17, 15) is 9.59 Å². The molecule has 5 nitrogen and oxygen atoms in total. The van der Waals surface area contributed by atoms with Gasteiger partial charge in [-0.2, -0.15) is 11.8 Å². The van der Waals surface area contributed by atoms with Gasteiger partial charge in [-0.05, 0) is 24.3 Å². The highest BCUT2D eigenvalue weighted by Gasteiger charge is 2.11. The summed E-state index contributed by atoms with van der Waals surface area (Å²) in [5.74, 6) is 0.771. The maximum atomic E-state index is 11.5. The summed E-state index contributed by atoms with van der Waals surface area (Å²) in [6.07, 6.45) is 0.894. The van der Waals surface area contributed by atoms with Gasteiger partial charge in [0, 0.05) is 6.54 Å². The Kier molecular flexibility index (Phi) is 9.34. The molecule has 0 amide bonds. The lowest BCUT2D eigenvalue weighted by molar-refractivity contribution is -0.142. The molecule has 0 N–H and O–H groups in total. The molecule has 0 aliphatic rings. The first kappa shape index (κ1) is 18.5. The predicted molar refractivity (Wildman–Crippen MR) is 87.7 cm³/mol. The second kappa shape index (κ2) is 11.1. The summed E-state index contributed by atoms with van der Waals surface area (Å²) in [5.41, 5.74) is 1.16. The van der Waals surface area contributed by atoms with Crippen molar-refractivity contribution in [2.24, 2.45) is 0 Å². The van der Waals surface area contributed by atoms with Gasteiger partial charge >= 0.3 is 11.9 Å². The normalized spacial score (nSPS) is 10.5. The van der Waals surface area contributed by atoms with Crippen LogP contribution in [0.2, 0.25) is 0 Å². The maximum Gasteiger partial charge on any atom is 0.319 e. The first-order valence-corrected chi connectivity index (χ1v) is 8.29. The fourth-order valence-electron chi connectivity index (χ4n) is 1.91. The smallest absolute Gasteiger partial charge is 0.319 e. The van der Waals surface area contributed by atoms with Gasteiger partial charge in [-0.1, -0.05) is 30.3 Å². The second-order valence-electron chi connectivity index (χ2n) is 4.75. The Hall–Kier alpha value is -1.53. The Bertz CT molecular complexity index is 453. The van der Waals surface area contributed by atoms with Crippen molar-refractivity contribution >= 4 is 23.7 Å². The van der Waals surface area contributed by atoms with Crippen molar-refractivity contribution < 1.29 is 19.1 Å². The number of rotatable bonds is 10. The van der Waals surface area contributed by atoms with Crippen molar-refractivity contribution in [2.45, 2.75) is 13.0 Å². The van der Waals surface area contributed by atoms with Gasteiger partial charge in [-0.15, -0.1) is 0 Å². The number of esters is 2. The minimum Gasteiger partial charge on any atom is -0.468 e. The molecule has 1 aromatic rings. The molecule has 22 heavy (non-hydrogen) atoms. The highest BCUT2D eigenvalue weighted by Crippen LogP contribution is 2.08. The summed E-state index contributed by atoms with van der Waals surface area (Å²) in [5, 5.41) is 0. The lowest BCUT2D eigenvalue weighted by Gasteiger charge is -2.21. The Labute approximate surface area is 136 Å². The van der Waals surface area contributed by atoms with Gasteiger partial charge in [0.25, 0.3) is 0 Å². The molecular formula is C16H23NO4S. The molecule has 0 unspecified atom stereocenters. The highest BCUT2D eigenvalue weighted by atomic mass is 32.2. The molecule has 0 saturated heterocycles. The molecule has 0 radical (unpaired) electrons. The number of carbonyl (C=O) groups is 2. The largest absolute Gasteiger partial charge is 0.468 e. The van der Waals surface area contributed by atoms with Crippen LogP contribution < -0.4 is 0 Å². The molecule has 122 valence electrons. The minimum atomic E-state index is -0.238. The summed E-state index contributed by atoms with van der Waals surface area (Å²) >= 11 is 1.54. The van der Waals surface area contributed by atoms with Crippen LogP contribution in [0.1, 0.15) is 12.0 Å². The summed E-state index contributed by atoms with van der Waals surface area (Å²) in [6.45, 7) is 1.75. The van der Waals surface area contributed by atoms with Crippen LogP contribution in [-0.2, 0) is 25.6 Å².